The Morgan fingerprint density at radius 1 is 1.20 bits per heavy atom. The van der Waals surface area contributed by atoms with Crippen LogP contribution in [-0.4, -0.2) is 16.3 Å². The summed E-state index contributed by atoms with van der Waals surface area (Å²) < 4.78 is 1.89. The van der Waals surface area contributed by atoms with Gasteiger partial charge in [-0.15, -0.1) is 0 Å². The summed E-state index contributed by atoms with van der Waals surface area (Å²) >= 11 is 0. The van der Waals surface area contributed by atoms with Gasteiger partial charge in [-0.2, -0.15) is 5.10 Å². The number of nitrogens with one attached hydrogen (secondary N) is 1. The summed E-state index contributed by atoms with van der Waals surface area (Å²) in [5.41, 5.74) is 5.07. The summed E-state index contributed by atoms with van der Waals surface area (Å²) in [6.07, 6.45) is 4.46. The molecule has 0 radical (unpaired) electrons. The van der Waals surface area contributed by atoms with Crippen molar-refractivity contribution in [2.45, 2.75) is 39.7 Å². The molecule has 0 spiro atoms. The minimum Gasteiger partial charge on any atom is -0.306 e. The van der Waals surface area contributed by atoms with Gasteiger partial charge >= 0.3 is 0 Å². The number of aryl methyl sites for hydroxylation is 3. The molecule has 0 fully saturated rings. The molecule has 1 heterocycles. The Balaban J connectivity index is 2.30. The van der Waals surface area contributed by atoms with Crippen LogP contribution < -0.4 is 5.32 Å². The summed E-state index contributed by atoms with van der Waals surface area (Å²) in [4.78, 5) is 0. The Labute approximate surface area is 122 Å². The number of nitrogens with zero attached hydrogens (tertiary/aromatic N) is 2. The predicted molar refractivity (Wildman–Crippen MR) is 83.9 cm³/mol. The Kier molecular flexibility index (Phi) is 4.96. The lowest BCUT2D eigenvalue weighted by Crippen LogP contribution is -2.22. The van der Waals surface area contributed by atoms with E-state index in [1.54, 1.807) is 0 Å². The minimum atomic E-state index is 0.226. The quantitative estimate of drug-likeness (QED) is 0.873. The second-order valence-electron chi connectivity index (χ2n) is 5.33. The van der Waals surface area contributed by atoms with E-state index in [2.05, 4.69) is 61.6 Å². The van der Waals surface area contributed by atoms with E-state index in [9.17, 15) is 0 Å². The van der Waals surface area contributed by atoms with Crippen LogP contribution in [0.4, 0.5) is 0 Å². The molecule has 1 aromatic heterocycles. The van der Waals surface area contributed by atoms with Crippen LogP contribution in [0.15, 0.2) is 30.5 Å². The largest absolute Gasteiger partial charge is 0.306 e. The Bertz CT molecular complexity index is 540. The lowest BCUT2D eigenvalue weighted by molar-refractivity contribution is 0.627. The van der Waals surface area contributed by atoms with Crippen LogP contribution in [0, 0.1) is 6.92 Å². The number of rotatable bonds is 6. The van der Waals surface area contributed by atoms with Crippen molar-refractivity contribution in [1.29, 1.82) is 0 Å². The van der Waals surface area contributed by atoms with E-state index in [1.165, 1.54) is 23.1 Å². The second-order valence-corrected chi connectivity index (χ2v) is 5.33. The van der Waals surface area contributed by atoms with E-state index in [-0.39, 0.29) is 6.04 Å². The Morgan fingerprint density at radius 2 is 1.90 bits per heavy atom. The molecule has 1 N–H and O–H groups in total. The molecule has 1 unspecified atom stereocenters. The van der Waals surface area contributed by atoms with Gasteiger partial charge in [0.15, 0.2) is 0 Å². The first-order valence-electron chi connectivity index (χ1n) is 7.48. The van der Waals surface area contributed by atoms with Gasteiger partial charge < -0.3 is 5.32 Å². The van der Waals surface area contributed by atoms with E-state index in [0.29, 0.717) is 0 Å². The van der Waals surface area contributed by atoms with Crippen LogP contribution in [-0.2, 0) is 13.5 Å². The zero-order chi connectivity index (χ0) is 14.5. The molecule has 108 valence electrons. The van der Waals surface area contributed by atoms with Crippen molar-refractivity contribution < 1.29 is 0 Å². The first-order valence-corrected chi connectivity index (χ1v) is 7.48. The van der Waals surface area contributed by atoms with Crippen LogP contribution in [0.25, 0.3) is 0 Å². The molecule has 3 nitrogen and oxygen atoms in total. The average Bonchev–Trinajstić information content (AvgIpc) is 2.76. The predicted octanol–water partition coefficient (Wildman–Crippen LogP) is 3.38. The first kappa shape index (κ1) is 14.8. The van der Waals surface area contributed by atoms with Crippen molar-refractivity contribution in [3.05, 3.63) is 52.8 Å². The molecule has 0 saturated carbocycles. The molecular weight excluding hydrogens is 246 g/mol. The minimum absolute atomic E-state index is 0.226. The van der Waals surface area contributed by atoms with Crippen LogP contribution in [0.5, 0.6) is 0 Å². The van der Waals surface area contributed by atoms with Crippen molar-refractivity contribution in [3.8, 4) is 0 Å². The average molecular weight is 271 g/mol. The lowest BCUT2D eigenvalue weighted by Gasteiger charge is -2.18. The summed E-state index contributed by atoms with van der Waals surface area (Å²) in [6.45, 7) is 7.37. The molecule has 20 heavy (non-hydrogen) atoms. The molecule has 0 aliphatic rings. The third-order valence-electron chi connectivity index (χ3n) is 3.62. The topological polar surface area (TPSA) is 29.9 Å². The monoisotopic (exact) mass is 271 g/mol. The van der Waals surface area contributed by atoms with Gasteiger partial charge in [-0.3, -0.25) is 4.68 Å². The molecule has 0 aliphatic carbocycles. The van der Waals surface area contributed by atoms with Crippen molar-refractivity contribution in [1.82, 2.24) is 15.1 Å². The van der Waals surface area contributed by atoms with E-state index >= 15 is 0 Å². The van der Waals surface area contributed by atoms with E-state index < -0.39 is 0 Å². The summed E-state index contributed by atoms with van der Waals surface area (Å²) in [7, 11) is 1.98. The fraction of sp³-hybridized carbons (Fsp3) is 0.471. The Morgan fingerprint density at radius 3 is 2.40 bits per heavy atom. The van der Waals surface area contributed by atoms with Crippen LogP contribution in [0.1, 0.15) is 48.7 Å². The van der Waals surface area contributed by atoms with Crippen LogP contribution in [0.2, 0.25) is 0 Å². The summed E-state index contributed by atoms with van der Waals surface area (Å²) in [5.74, 6) is 0. The Hall–Kier alpha value is -1.61. The van der Waals surface area contributed by atoms with Crippen LogP contribution in [0.3, 0.4) is 0 Å². The highest BCUT2D eigenvalue weighted by Gasteiger charge is 2.17. The molecule has 1 atom stereocenters. The number of hydrogen-bond donors (Lipinski definition) is 1. The molecule has 3 heteroatoms. The normalized spacial score (nSPS) is 12.6. The zero-order valence-electron chi connectivity index (χ0n) is 13.0. The van der Waals surface area contributed by atoms with E-state index in [0.717, 1.165) is 18.7 Å². The maximum absolute atomic E-state index is 4.46. The van der Waals surface area contributed by atoms with Gasteiger partial charge in [0.1, 0.15) is 0 Å². The third-order valence-corrected chi connectivity index (χ3v) is 3.62. The second kappa shape index (κ2) is 6.71. The highest BCUT2D eigenvalue weighted by Crippen LogP contribution is 2.24. The fourth-order valence-corrected chi connectivity index (χ4v) is 2.68. The number of hydrogen-bond acceptors (Lipinski definition) is 2. The van der Waals surface area contributed by atoms with E-state index in [1.807, 2.05) is 11.7 Å². The maximum Gasteiger partial charge on any atom is 0.0644 e. The SMILES string of the molecule is CCCc1ccc(C(NCC)c2cn(C)nc2C)cc1. The third kappa shape index (κ3) is 3.28. The fourth-order valence-electron chi connectivity index (χ4n) is 2.68. The molecule has 2 rings (SSSR count). The van der Waals surface area contributed by atoms with Gasteiger partial charge in [-0.1, -0.05) is 44.5 Å². The zero-order valence-corrected chi connectivity index (χ0v) is 13.0. The molecule has 2 aromatic rings. The van der Waals surface area contributed by atoms with Gasteiger partial charge in [-0.05, 0) is 31.0 Å². The molecule has 0 bridgehead atoms. The smallest absolute Gasteiger partial charge is 0.0644 e. The lowest BCUT2D eigenvalue weighted by atomic mass is 9.97. The van der Waals surface area contributed by atoms with Crippen molar-refractivity contribution in [2.75, 3.05) is 6.54 Å². The van der Waals surface area contributed by atoms with Crippen molar-refractivity contribution in [3.63, 3.8) is 0 Å². The van der Waals surface area contributed by atoms with Gasteiger partial charge in [0.2, 0.25) is 0 Å². The van der Waals surface area contributed by atoms with Crippen molar-refractivity contribution >= 4 is 0 Å². The maximum atomic E-state index is 4.46. The molecule has 1 aromatic carbocycles. The van der Waals surface area contributed by atoms with Crippen molar-refractivity contribution in [2.24, 2.45) is 7.05 Å². The van der Waals surface area contributed by atoms with Gasteiger partial charge in [0, 0.05) is 18.8 Å². The van der Waals surface area contributed by atoms with Gasteiger partial charge in [-0.25, -0.2) is 0 Å². The van der Waals surface area contributed by atoms with E-state index in [4.69, 9.17) is 0 Å². The van der Waals surface area contributed by atoms with Crippen LogP contribution >= 0.6 is 0 Å². The molecular formula is C17H25N3. The molecule has 0 saturated heterocycles. The number of benzene rings is 1. The highest BCUT2D eigenvalue weighted by atomic mass is 15.3. The highest BCUT2D eigenvalue weighted by molar-refractivity contribution is 5.34. The van der Waals surface area contributed by atoms with Gasteiger partial charge in [0.25, 0.3) is 0 Å². The molecule has 0 amide bonds. The molecule has 0 aliphatic heterocycles. The standard InChI is InChI=1S/C17H25N3/c1-5-7-14-8-10-15(11-9-14)17(18-6-2)16-12-20(4)19-13(16)3/h8-12,17-18H,5-7H2,1-4H3. The summed E-state index contributed by atoms with van der Waals surface area (Å²) in [5, 5.41) is 8.03. The van der Waals surface area contributed by atoms with Gasteiger partial charge in [0.05, 0.1) is 11.7 Å². The first-order chi connectivity index (χ1) is 9.65. The number of aromatic nitrogens is 2. The summed E-state index contributed by atoms with van der Waals surface area (Å²) in [6, 6.07) is 9.20.